The molecule has 0 bridgehead atoms. The summed E-state index contributed by atoms with van der Waals surface area (Å²) in [4.78, 5) is 30.7. The van der Waals surface area contributed by atoms with E-state index in [9.17, 15) is 9.59 Å². The van der Waals surface area contributed by atoms with Crippen LogP contribution in [0.25, 0.3) is 60.9 Å². The van der Waals surface area contributed by atoms with Crippen LogP contribution in [0.3, 0.4) is 0 Å². The Morgan fingerprint density at radius 2 is 1.08 bits per heavy atom. The molecule has 0 saturated heterocycles. The van der Waals surface area contributed by atoms with Gasteiger partial charge in [0, 0.05) is 16.3 Å². The van der Waals surface area contributed by atoms with Crippen LogP contribution in [0.5, 0.6) is 0 Å². The summed E-state index contributed by atoms with van der Waals surface area (Å²) < 4.78 is 2.16. The van der Waals surface area contributed by atoms with Crippen LogP contribution in [0.1, 0.15) is 31.8 Å². The van der Waals surface area contributed by atoms with Crippen molar-refractivity contribution in [1.29, 1.82) is 0 Å². The number of rotatable bonds is 5. The number of benzene rings is 7. The molecule has 4 nitrogen and oxygen atoms in total. The molecule has 0 fully saturated rings. The largest absolute Gasteiger partial charge is 0.308 e. The zero-order chi connectivity index (χ0) is 33.9. The van der Waals surface area contributed by atoms with Gasteiger partial charge in [-0.1, -0.05) is 133 Å². The van der Waals surface area contributed by atoms with Gasteiger partial charge in [0.15, 0.2) is 0 Å². The minimum absolute atomic E-state index is 0.328. The van der Waals surface area contributed by atoms with Crippen molar-refractivity contribution in [3.63, 3.8) is 0 Å². The molecule has 0 spiro atoms. The molecule has 2 heterocycles. The van der Waals surface area contributed by atoms with Gasteiger partial charge in [-0.25, -0.2) is 4.90 Å². The van der Waals surface area contributed by atoms with Crippen LogP contribution < -0.4 is 4.90 Å². The second-order valence-corrected chi connectivity index (χ2v) is 13.0. The third-order valence-corrected chi connectivity index (χ3v) is 9.93. The fourth-order valence-corrected chi connectivity index (χ4v) is 7.70. The van der Waals surface area contributed by atoms with Gasteiger partial charge in [-0.2, -0.15) is 0 Å². The lowest BCUT2D eigenvalue weighted by molar-refractivity contribution is 0.0926. The molecule has 238 valence electrons. The molecule has 1 aliphatic heterocycles. The highest BCUT2D eigenvalue weighted by atomic mass is 16.2. The number of aromatic nitrogens is 1. The maximum absolute atomic E-state index is 14.9. The average Bonchev–Trinajstić information content (AvgIpc) is 3.62. The Morgan fingerprint density at radius 1 is 0.420 bits per heavy atom. The molecule has 9 rings (SSSR count). The number of para-hydroxylation sites is 1. The normalized spacial score (nSPS) is 12.6. The van der Waals surface area contributed by atoms with Gasteiger partial charge < -0.3 is 4.57 Å². The van der Waals surface area contributed by atoms with Crippen LogP contribution in [-0.2, 0) is 0 Å². The molecular weight excluding hydrogens is 613 g/mol. The van der Waals surface area contributed by atoms with E-state index in [2.05, 4.69) is 85.1 Å². The highest BCUT2D eigenvalue weighted by molar-refractivity contribution is 6.36. The molecule has 0 saturated carbocycles. The van der Waals surface area contributed by atoms with Gasteiger partial charge in [0.25, 0.3) is 11.8 Å². The molecule has 0 N–H and O–H groups in total. The van der Waals surface area contributed by atoms with Crippen molar-refractivity contribution in [3.8, 4) is 39.1 Å². The first-order valence-corrected chi connectivity index (χ1v) is 16.9. The highest BCUT2D eigenvalue weighted by Gasteiger charge is 2.40. The number of amides is 2. The number of hydrogen-bond acceptors (Lipinski definition) is 2. The maximum atomic E-state index is 14.9. The lowest BCUT2D eigenvalue weighted by Crippen LogP contribution is -2.30. The number of fused-ring (bicyclic) bond motifs is 4. The zero-order valence-electron chi connectivity index (χ0n) is 27.7. The SMILES string of the molecule is Cc1ccc(-c2ccc3c4ccccc4n(-c4cccc5c4C(=O)N(c4cccc(-c6ccccc6)c4-c4ccccc4)C5=O)c3c2)c(C)c1. The molecule has 8 aromatic rings. The molecule has 1 aromatic heterocycles. The molecular formula is C46H32N2O2. The van der Waals surface area contributed by atoms with Crippen molar-refractivity contribution in [2.75, 3.05) is 4.90 Å². The van der Waals surface area contributed by atoms with Crippen LogP contribution in [-0.4, -0.2) is 16.4 Å². The summed E-state index contributed by atoms with van der Waals surface area (Å²) >= 11 is 0. The minimum atomic E-state index is -0.334. The van der Waals surface area contributed by atoms with Gasteiger partial charge in [-0.15, -0.1) is 0 Å². The quantitative estimate of drug-likeness (QED) is 0.175. The van der Waals surface area contributed by atoms with Crippen molar-refractivity contribution < 1.29 is 9.59 Å². The average molecular weight is 645 g/mol. The molecule has 0 radical (unpaired) electrons. The number of hydrogen-bond donors (Lipinski definition) is 0. The predicted molar refractivity (Wildman–Crippen MR) is 204 cm³/mol. The Hall–Kier alpha value is -6.52. The Bertz CT molecular complexity index is 2650. The molecule has 0 unspecified atom stereocenters. The fourth-order valence-electron chi connectivity index (χ4n) is 7.70. The number of imide groups is 1. The van der Waals surface area contributed by atoms with Gasteiger partial charge >= 0.3 is 0 Å². The molecule has 0 atom stereocenters. The Balaban J connectivity index is 1.26. The Morgan fingerprint density at radius 3 is 1.84 bits per heavy atom. The number of carbonyl (C=O) groups excluding carboxylic acids is 2. The van der Waals surface area contributed by atoms with Gasteiger partial charge in [0.1, 0.15) is 0 Å². The van der Waals surface area contributed by atoms with Gasteiger partial charge in [-0.3, -0.25) is 9.59 Å². The number of nitrogens with zero attached hydrogens (tertiary/aromatic N) is 2. The summed E-state index contributed by atoms with van der Waals surface area (Å²) in [6.45, 7) is 4.25. The first-order chi connectivity index (χ1) is 24.5. The first kappa shape index (κ1) is 29.6. The molecule has 50 heavy (non-hydrogen) atoms. The van der Waals surface area contributed by atoms with Crippen LogP contribution >= 0.6 is 0 Å². The summed E-state index contributed by atoms with van der Waals surface area (Å²) in [5.74, 6) is -0.662. The van der Waals surface area contributed by atoms with E-state index in [0.717, 1.165) is 55.2 Å². The molecule has 0 aliphatic carbocycles. The smallest absolute Gasteiger partial charge is 0.268 e. The summed E-state index contributed by atoms with van der Waals surface area (Å²) in [5.41, 5.74) is 12.4. The number of aryl methyl sites for hydroxylation is 2. The van der Waals surface area contributed by atoms with Crippen LogP contribution in [0.15, 0.2) is 158 Å². The molecule has 2 amide bonds. The van der Waals surface area contributed by atoms with Crippen LogP contribution in [0.4, 0.5) is 5.69 Å². The highest BCUT2D eigenvalue weighted by Crippen LogP contribution is 2.44. The summed E-state index contributed by atoms with van der Waals surface area (Å²) in [6.07, 6.45) is 0. The lowest BCUT2D eigenvalue weighted by Gasteiger charge is -2.22. The minimum Gasteiger partial charge on any atom is -0.308 e. The summed E-state index contributed by atoms with van der Waals surface area (Å²) in [5, 5.41) is 2.17. The monoisotopic (exact) mass is 644 g/mol. The standard InChI is InChI=1S/C46H32N2O2/c1-29-23-25-34(30(2)27-29)33-24-26-37-36-17-9-10-20-39(36)47(42(37)28-33)41-22-12-19-38-44(41)46(50)48(45(38)49)40-21-11-18-35(31-13-5-3-6-14-31)43(40)32-15-7-4-8-16-32/h3-28H,1-2H3. The van der Waals surface area contributed by atoms with Crippen LogP contribution in [0, 0.1) is 13.8 Å². The second kappa shape index (κ2) is 11.6. The van der Waals surface area contributed by atoms with E-state index < -0.39 is 0 Å². The van der Waals surface area contributed by atoms with Gasteiger partial charge in [-0.05, 0) is 77.6 Å². The van der Waals surface area contributed by atoms with E-state index in [-0.39, 0.29) is 11.8 Å². The van der Waals surface area contributed by atoms with Crippen LogP contribution in [0.2, 0.25) is 0 Å². The fraction of sp³-hybridized carbons (Fsp3) is 0.0435. The third kappa shape index (κ3) is 4.53. The molecule has 4 heteroatoms. The summed E-state index contributed by atoms with van der Waals surface area (Å²) in [6, 6.07) is 52.9. The van der Waals surface area contributed by atoms with E-state index >= 15 is 0 Å². The topological polar surface area (TPSA) is 42.3 Å². The van der Waals surface area contributed by atoms with E-state index in [0.29, 0.717) is 22.5 Å². The van der Waals surface area contributed by atoms with E-state index in [4.69, 9.17) is 0 Å². The van der Waals surface area contributed by atoms with Gasteiger partial charge in [0.05, 0.1) is 33.5 Å². The number of carbonyl (C=O) groups is 2. The van der Waals surface area contributed by atoms with Crippen molar-refractivity contribution in [2.24, 2.45) is 0 Å². The molecule has 1 aliphatic rings. The second-order valence-electron chi connectivity index (χ2n) is 13.0. The molecule has 7 aromatic carbocycles. The summed E-state index contributed by atoms with van der Waals surface area (Å²) in [7, 11) is 0. The van der Waals surface area contributed by atoms with Gasteiger partial charge in [0.2, 0.25) is 0 Å². The first-order valence-electron chi connectivity index (χ1n) is 16.9. The third-order valence-electron chi connectivity index (χ3n) is 9.93. The Kier molecular flexibility index (Phi) is 6.85. The van der Waals surface area contributed by atoms with E-state index in [1.165, 1.54) is 16.0 Å². The van der Waals surface area contributed by atoms with Crippen molar-refractivity contribution in [3.05, 3.63) is 180 Å². The number of anilines is 1. The maximum Gasteiger partial charge on any atom is 0.268 e. The van der Waals surface area contributed by atoms with E-state index in [1.54, 1.807) is 6.07 Å². The lowest BCUT2D eigenvalue weighted by atomic mass is 9.92. The predicted octanol–water partition coefficient (Wildman–Crippen LogP) is 11.2. The van der Waals surface area contributed by atoms with Crippen molar-refractivity contribution in [1.82, 2.24) is 4.57 Å². The van der Waals surface area contributed by atoms with E-state index in [1.807, 2.05) is 84.9 Å². The zero-order valence-corrected chi connectivity index (χ0v) is 27.7. The Labute approximate surface area is 290 Å². The van der Waals surface area contributed by atoms with Crippen molar-refractivity contribution >= 4 is 39.3 Å². The van der Waals surface area contributed by atoms with Crippen molar-refractivity contribution in [2.45, 2.75) is 13.8 Å².